The van der Waals surface area contributed by atoms with E-state index in [1.54, 1.807) is 13.8 Å². The van der Waals surface area contributed by atoms with Gasteiger partial charge in [-0.25, -0.2) is 22.2 Å². The number of nitrogens with one attached hydrogen (secondary N) is 2. The maximum absolute atomic E-state index is 14.9. The van der Waals surface area contributed by atoms with Crippen molar-refractivity contribution in [3.8, 4) is 11.1 Å². The van der Waals surface area contributed by atoms with Gasteiger partial charge in [0.1, 0.15) is 17.6 Å². The third kappa shape index (κ3) is 8.32. The Hall–Kier alpha value is -3.04. The second kappa shape index (κ2) is 13.3. The van der Waals surface area contributed by atoms with E-state index >= 15 is 0 Å². The van der Waals surface area contributed by atoms with Crippen LogP contribution < -0.4 is 15.6 Å². The first-order valence-corrected chi connectivity index (χ1v) is 15.1. The number of hydrogen-bond acceptors (Lipinski definition) is 7. The van der Waals surface area contributed by atoms with Crippen molar-refractivity contribution in [2.45, 2.75) is 70.0 Å². The van der Waals surface area contributed by atoms with Crippen LogP contribution in [0.2, 0.25) is 0 Å². The van der Waals surface area contributed by atoms with Gasteiger partial charge in [0.25, 0.3) is 5.56 Å². The van der Waals surface area contributed by atoms with Gasteiger partial charge in [-0.15, -0.1) is 12.4 Å². The highest BCUT2D eigenvalue weighted by atomic mass is 35.5. The number of aromatic nitrogens is 3. The van der Waals surface area contributed by atoms with E-state index in [2.05, 4.69) is 15.3 Å². The molecule has 1 aliphatic carbocycles. The minimum absolute atomic E-state index is 0. The van der Waals surface area contributed by atoms with Crippen LogP contribution >= 0.6 is 12.4 Å². The van der Waals surface area contributed by atoms with Crippen molar-refractivity contribution in [1.29, 1.82) is 0 Å². The molecule has 2 heterocycles. The molecule has 0 spiro atoms. The summed E-state index contributed by atoms with van der Waals surface area (Å²) in [6.45, 7) is 3.55. The van der Waals surface area contributed by atoms with E-state index in [-0.39, 0.29) is 47.6 Å². The Morgan fingerprint density at radius 2 is 1.86 bits per heavy atom. The highest BCUT2D eigenvalue weighted by molar-refractivity contribution is 7.92. The molecule has 0 saturated heterocycles. The van der Waals surface area contributed by atoms with Crippen molar-refractivity contribution in [1.82, 2.24) is 19.4 Å². The standard InChI is InChI=1S/C27H33F5N6O3S.ClH/c1-15(2)38-24-17(14-33-26(35-24)34-18-6-8-23(37(3)4)21(29)13-18)11-19(25(38)39)16-5-7-22(20(28)12-16)36-42(40,41)10-9-27(30,31)32;/h5,7,11-12,14-15,18,21,23,36H,6,8-10,13H2,1-4H3,(H,33,34,35);1H. The first-order chi connectivity index (χ1) is 19.5. The molecule has 16 heteroatoms. The summed E-state index contributed by atoms with van der Waals surface area (Å²) in [5, 5.41) is 3.65. The number of sulfonamides is 1. The van der Waals surface area contributed by atoms with Crippen LogP contribution in [0.3, 0.4) is 0 Å². The fourth-order valence-electron chi connectivity index (χ4n) is 5.10. The molecule has 4 rings (SSSR count). The Kier molecular flexibility index (Phi) is 10.7. The van der Waals surface area contributed by atoms with Crippen molar-refractivity contribution in [3.63, 3.8) is 0 Å². The molecule has 2 aromatic heterocycles. The summed E-state index contributed by atoms with van der Waals surface area (Å²) in [7, 11) is -0.767. The Bertz CT molecular complexity index is 1620. The summed E-state index contributed by atoms with van der Waals surface area (Å²) < 4.78 is 94.2. The Morgan fingerprint density at radius 3 is 2.44 bits per heavy atom. The molecule has 1 saturated carbocycles. The van der Waals surface area contributed by atoms with Gasteiger partial charge in [-0.2, -0.15) is 18.2 Å². The second-order valence-corrected chi connectivity index (χ2v) is 12.8. The molecule has 1 aromatic carbocycles. The van der Waals surface area contributed by atoms with Crippen LogP contribution in [0.5, 0.6) is 0 Å². The molecule has 0 aliphatic heterocycles. The van der Waals surface area contributed by atoms with Crippen LogP contribution in [-0.2, 0) is 10.0 Å². The fourth-order valence-corrected chi connectivity index (χ4v) is 6.21. The summed E-state index contributed by atoms with van der Waals surface area (Å²) >= 11 is 0. The zero-order valence-electron chi connectivity index (χ0n) is 24.0. The topological polar surface area (TPSA) is 109 Å². The molecule has 1 aliphatic rings. The van der Waals surface area contributed by atoms with E-state index in [0.29, 0.717) is 23.9 Å². The molecule has 2 N–H and O–H groups in total. The smallest absolute Gasteiger partial charge is 0.351 e. The van der Waals surface area contributed by atoms with Gasteiger partial charge in [-0.05, 0) is 64.5 Å². The van der Waals surface area contributed by atoms with Gasteiger partial charge < -0.3 is 10.2 Å². The van der Waals surface area contributed by atoms with Gasteiger partial charge in [-0.1, -0.05) is 6.07 Å². The van der Waals surface area contributed by atoms with E-state index < -0.39 is 51.6 Å². The lowest BCUT2D eigenvalue weighted by Crippen LogP contribution is -2.44. The second-order valence-electron chi connectivity index (χ2n) is 11.0. The van der Waals surface area contributed by atoms with E-state index in [1.165, 1.54) is 22.9 Å². The number of hydrogen-bond donors (Lipinski definition) is 2. The number of fused-ring (bicyclic) bond motifs is 1. The molecular formula is C27H34ClF5N6O3S. The number of halogens is 6. The molecule has 0 radical (unpaired) electrons. The van der Waals surface area contributed by atoms with E-state index in [9.17, 15) is 35.2 Å². The predicted molar refractivity (Wildman–Crippen MR) is 159 cm³/mol. The van der Waals surface area contributed by atoms with Crippen LogP contribution in [-0.4, -0.2) is 72.1 Å². The average molecular weight is 653 g/mol. The van der Waals surface area contributed by atoms with Crippen molar-refractivity contribution < 1.29 is 30.4 Å². The number of alkyl halides is 4. The summed E-state index contributed by atoms with van der Waals surface area (Å²) in [6.07, 6.45) is -4.09. The average Bonchev–Trinajstić information content (AvgIpc) is 2.87. The minimum atomic E-state index is -4.69. The van der Waals surface area contributed by atoms with Gasteiger partial charge in [-0.3, -0.25) is 14.1 Å². The van der Waals surface area contributed by atoms with Gasteiger partial charge in [0, 0.05) is 41.7 Å². The van der Waals surface area contributed by atoms with E-state index in [0.717, 1.165) is 18.6 Å². The van der Waals surface area contributed by atoms with Gasteiger partial charge in [0.2, 0.25) is 16.0 Å². The Labute approximate surface area is 252 Å². The summed E-state index contributed by atoms with van der Waals surface area (Å²) in [5.74, 6) is -2.08. The fraction of sp³-hybridized carbons (Fsp3) is 0.519. The molecule has 0 bridgehead atoms. The van der Waals surface area contributed by atoms with Crippen molar-refractivity contribution in [2.75, 3.05) is 29.9 Å². The molecule has 3 aromatic rings. The minimum Gasteiger partial charge on any atom is -0.351 e. The number of rotatable bonds is 9. The molecule has 43 heavy (non-hydrogen) atoms. The van der Waals surface area contributed by atoms with Crippen molar-refractivity contribution in [2.24, 2.45) is 0 Å². The lowest BCUT2D eigenvalue weighted by molar-refractivity contribution is -0.129. The molecule has 238 valence electrons. The normalized spacial score (nSPS) is 19.5. The summed E-state index contributed by atoms with van der Waals surface area (Å²) in [5.41, 5.74) is -0.492. The number of nitrogens with zero attached hydrogens (tertiary/aromatic N) is 4. The van der Waals surface area contributed by atoms with Crippen LogP contribution in [0.1, 0.15) is 45.6 Å². The lowest BCUT2D eigenvalue weighted by atomic mass is 9.89. The largest absolute Gasteiger partial charge is 0.390 e. The zero-order valence-corrected chi connectivity index (χ0v) is 25.6. The van der Waals surface area contributed by atoms with Gasteiger partial charge >= 0.3 is 6.18 Å². The number of pyridine rings is 1. The van der Waals surface area contributed by atoms with Crippen LogP contribution in [0, 0.1) is 5.82 Å². The first-order valence-electron chi connectivity index (χ1n) is 13.4. The zero-order chi connectivity index (χ0) is 31.0. The monoisotopic (exact) mass is 652 g/mol. The third-order valence-electron chi connectivity index (χ3n) is 7.22. The molecular weight excluding hydrogens is 619 g/mol. The lowest BCUT2D eigenvalue weighted by Gasteiger charge is -2.35. The van der Waals surface area contributed by atoms with Crippen LogP contribution in [0.25, 0.3) is 22.2 Å². The highest BCUT2D eigenvalue weighted by Gasteiger charge is 2.32. The van der Waals surface area contributed by atoms with E-state index in [4.69, 9.17) is 0 Å². The van der Waals surface area contributed by atoms with Crippen molar-refractivity contribution >= 4 is 45.1 Å². The quantitative estimate of drug-likeness (QED) is 0.293. The maximum atomic E-state index is 14.9. The first kappa shape index (κ1) is 34.5. The molecule has 3 unspecified atom stereocenters. The maximum Gasteiger partial charge on any atom is 0.390 e. The highest BCUT2D eigenvalue weighted by Crippen LogP contribution is 2.29. The summed E-state index contributed by atoms with van der Waals surface area (Å²) in [4.78, 5) is 24.3. The molecule has 9 nitrogen and oxygen atoms in total. The number of anilines is 2. The molecule has 0 amide bonds. The molecule has 3 atom stereocenters. The third-order valence-corrected chi connectivity index (χ3v) is 8.50. The predicted octanol–water partition coefficient (Wildman–Crippen LogP) is 5.53. The van der Waals surface area contributed by atoms with E-state index in [1.807, 2.05) is 23.7 Å². The van der Waals surface area contributed by atoms with Crippen LogP contribution in [0.15, 0.2) is 35.3 Å². The Balaban J connectivity index is 0.00000506. The molecule has 1 fully saturated rings. The summed E-state index contributed by atoms with van der Waals surface area (Å²) in [6, 6.07) is 4.07. The number of benzene rings is 1. The Morgan fingerprint density at radius 1 is 1.16 bits per heavy atom. The van der Waals surface area contributed by atoms with Gasteiger partial charge in [0.15, 0.2) is 0 Å². The SMILES string of the molecule is CC(C)n1c(=O)c(-c2ccc(NS(=O)(=O)CCC(F)(F)F)c(F)c2)cc2cnc(NC3CCC(N(C)C)C(F)C3)nc21.Cl. The van der Waals surface area contributed by atoms with Gasteiger partial charge in [0.05, 0.1) is 17.9 Å². The van der Waals surface area contributed by atoms with Crippen molar-refractivity contribution in [3.05, 3.63) is 46.6 Å². The van der Waals surface area contributed by atoms with Crippen LogP contribution in [0.4, 0.5) is 33.6 Å².